The van der Waals surface area contributed by atoms with Gasteiger partial charge in [-0.05, 0) is 31.0 Å². The highest BCUT2D eigenvalue weighted by Gasteiger charge is 2.07. The zero-order valence-electron chi connectivity index (χ0n) is 12.7. The smallest absolute Gasteiger partial charge is 0.224 e. The third-order valence-electron chi connectivity index (χ3n) is 3.10. The fraction of sp³-hybridized carbons (Fsp3) is 0.375. The van der Waals surface area contributed by atoms with Crippen molar-refractivity contribution in [1.29, 1.82) is 0 Å². The zero-order chi connectivity index (χ0) is 15.2. The molecule has 0 aliphatic heterocycles. The van der Waals surface area contributed by atoms with E-state index in [2.05, 4.69) is 22.2 Å². The number of anilines is 2. The standard InChI is InChI=1S/C16H21FN4/c1-4-9-18-16-19-12(2)10-15(20-16)21(3)11-13-5-7-14(17)8-6-13/h5-8,10H,4,9,11H2,1-3H3,(H,18,19,20). The lowest BCUT2D eigenvalue weighted by Gasteiger charge is -2.19. The lowest BCUT2D eigenvalue weighted by molar-refractivity contribution is 0.627. The second-order valence-corrected chi connectivity index (χ2v) is 5.10. The first-order valence-electron chi connectivity index (χ1n) is 7.13. The van der Waals surface area contributed by atoms with Crippen molar-refractivity contribution in [2.24, 2.45) is 0 Å². The van der Waals surface area contributed by atoms with E-state index in [9.17, 15) is 4.39 Å². The van der Waals surface area contributed by atoms with Gasteiger partial charge in [0.2, 0.25) is 5.95 Å². The molecule has 0 amide bonds. The van der Waals surface area contributed by atoms with Gasteiger partial charge in [-0.3, -0.25) is 0 Å². The third kappa shape index (κ3) is 4.41. The van der Waals surface area contributed by atoms with Crippen molar-refractivity contribution in [2.75, 3.05) is 23.8 Å². The van der Waals surface area contributed by atoms with E-state index < -0.39 is 0 Å². The van der Waals surface area contributed by atoms with Gasteiger partial charge < -0.3 is 10.2 Å². The summed E-state index contributed by atoms with van der Waals surface area (Å²) in [5.74, 6) is 1.29. The maximum Gasteiger partial charge on any atom is 0.224 e. The van der Waals surface area contributed by atoms with Crippen LogP contribution in [0, 0.1) is 12.7 Å². The Hall–Kier alpha value is -2.17. The van der Waals surface area contributed by atoms with Crippen LogP contribution in [0.2, 0.25) is 0 Å². The van der Waals surface area contributed by atoms with E-state index in [1.165, 1.54) is 12.1 Å². The summed E-state index contributed by atoms with van der Waals surface area (Å²) in [6.07, 6.45) is 1.03. The van der Waals surface area contributed by atoms with Crippen molar-refractivity contribution >= 4 is 11.8 Å². The molecule has 0 atom stereocenters. The number of nitrogens with zero attached hydrogens (tertiary/aromatic N) is 3. The van der Waals surface area contributed by atoms with Gasteiger partial charge in [-0.25, -0.2) is 9.37 Å². The average Bonchev–Trinajstić information content (AvgIpc) is 2.47. The second kappa shape index (κ2) is 7.02. The Bertz CT molecular complexity index is 583. The Labute approximate surface area is 125 Å². The lowest BCUT2D eigenvalue weighted by Crippen LogP contribution is -2.19. The molecule has 0 saturated carbocycles. The largest absolute Gasteiger partial charge is 0.355 e. The van der Waals surface area contributed by atoms with E-state index in [-0.39, 0.29) is 5.82 Å². The van der Waals surface area contributed by atoms with Crippen LogP contribution < -0.4 is 10.2 Å². The summed E-state index contributed by atoms with van der Waals surface area (Å²) in [6.45, 7) is 5.58. The molecule has 2 rings (SSSR count). The van der Waals surface area contributed by atoms with Crippen LogP contribution in [0.25, 0.3) is 0 Å². The molecule has 112 valence electrons. The zero-order valence-corrected chi connectivity index (χ0v) is 12.7. The minimum atomic E-state index is -0.217. The van der Waals surface area contributed by atoms with Crippen molar-refractivity contribution in [2.45, 2.75) is 26.8 Å². The molecular formula is C16H21FN4. The first kappa shape index (κ1) is 15.2. The van der Waals surface area contributed by atoms with Crippen LogP contribution in [-0.2, 0) is 6.54 Å². The molecule has 1 heterocycles. The summed E-state index contributed by atoms with van der Waals surface area (Å²) in [7, 11) is 1.97. The van der Waals surface area contributed by atoms with Crippen LogP contribution in [-0.4, -0.2) is 23.6 Å². The molecule has 0 radical (unpaired) electrons. The van der Waals surface area contributed by atoms with Gasteiger partial charge in [-0.1, -0.05) is 19.1 Å². The number of rotatable bonds is 6. The molecule has 4 nitrogen and oxygen atoms in total. The molecule has 1 N–H and O–H groups in total. The van der Waals surface area contributed by atoms with Gasteiger partial charge in [-0.2, -0.15) is 4.98 Å². The predicted octanol–water partition coefficient (Wildman–Crippen LogP) is 3.38. The monoisotopic (exact) mass is 288 g/mol. The molecule has 0 fully saturated rings. The predicted molar refractivity (Wildman–Crippen MR) is 84.1 cm³/mol. The Morgan fingerprint density at radius 3 is 2.57 bits per heavy atom. The lowest BCUT2D eigenvalue weighted by atomic mass is 10.2. The van der Waals surface area contributed by atoms with Crippen molar-refractivity contribution in [1.82, 2.24) is 9.97 Å². The molecule has 2 aromatic rings. The minimum absolute atomic E-state index is 0.217. The molecule has 21 heavy (non-hydrogen) atoms. The topological polar surface area (TPSA) is 41.1 Å². The van der Waals surface area contributed by atoms with Crippen molar-refractivity contribution < 1.29 is 4.39 Å². The highest BCUT2D eigenvalue weighted by Crippen LogP contribution is 2.16. The van der Waals surface area contributed by atoms with Crippen LogP contribution in [0.4, 0.5) is 16.2 Å². The number of hydrogen-bond acceptors (Lipinski definition) is 4. The van der Waals surface area contributed by atoms with E-state index in [1.807, 2.05) is 24.9 Å². The minimum Gasteiger partial charge on any atom is -0.355 e. The molecular weight excluding hydrogens is 267 g/mol. The van der Waals surface area contributed by atoms with Gasteiger partial charge >= 0.3 is 0 Å². The quantitative estimate of drug-likeness (QED) is 0.884. The number of aryl methyl sites for hydroxylation is 1. The van der Waals surface area contributed by atoms with E-state index in [0.717, 1.165) is 30.0 Å². The van der Waals surface area contributed by atoms with Crippen LogP contribution in [0.15, 0.2) is 30.3 Å². The molecule has 1 aromatic carbocycles. The van der Waals surface area contributed by atoms with Gasteiger partial charge in [-0.15, -0.1) is 0 Å². The number of aromatic nitrogens is 2. The Morgan fingerprint density at radius 1 is 1.19 bits per heavy atom. The Morgan fingerprint density at radius 2 is 1.90 bits per heavy atom. The van der Waals surface area contributed by atoms with Crippen LogP contribution in [0.1, 0.15) is 24.6 Å². The normalized spacial score (nSPS) is 10.5. The highest BCUT2D eigenvalue weighted by molar-refractivity contribution is 5.44. The third-order valence-corrected chi connectivity index (χ3v) is 3.10. The van der Waals surface area contributed by atoms with Crippen LogP contribution in [0.5, 0.6) is 0 Å². The van der Waals surface area contributed by atoms with Crippen LogP contribution in [0.3, 0.4) is 0 Å². The second-order valence-electron chi connectivity index (χ2n) is 5.10. The number of nitrogens with one attached hydrogen (secondary N) is 1. The summed E-state index contributed by atoms with van der Waals surface area (Å²) in [4.78, 5) is 10.9. The van der Waals surface area contributed by atoms with E-state index in [4.69, 9.17) is 0 Å². The van der Waals surface area contributed by atoms with Crippen molar-refractivity contribution in [3.63, 3.8) is 0 Å². The van der Waals surface area contributed by atoms with Crippen molar-refractivity contribution in [3.8, 4) is 0 Å². The highest BCUT2D eigenvalue weighted by atomic mass is 19.1. The number of benzene rings is 1. The summed E-state index contributed by atoms with van der Waals surface area (Å²) in [5, 5.41) is 3.20. The average molecular weight is 288 g/mol. The van der Waals surface area contributed by atoms with E-state index in [0.29, 0.717) is 12.5 Å². The Kier molecular flexibility index (Phi) is 5.09. The van der Waals surface area contributed by atoms with Crippen LogP contribution >= 0.6 is 0 Å². The SMILES string of the molecule is CCCNc1nc(C)cc(N(C)Cc2ccc(F)cc2)n1. The van der Waals surface area contributed by atoms with Gasteiger partial charge in [0.05, 0.1) is 0 Å². The fourth-order valence-electron chi connectivity index (χ4n) is 2.01. The number of hydrogen-bond donors (Lipinski definition) is 1. The van der Waals surface area contributed by atoms with E-state index in [1.54, 1.807) is 12.1 Å². The van der Waals surface area contributed by atoms with Gasteiger partial charge in [0.25, 0.3) is 0 Å². The van der Waals surface area contributed by atoms with Gasteiger partial charge in [0.15, 0.2) is 0 Å². The molecule has 0 aliphatic rings. The molecule has 0 bridgehead atoms. The van der Waals surface area contributed by atoms with Gasteiger partial charge in [0.1, 0.15) is 11.6 Å². The molecule has 1 aromatic heterocycles. The fourth-order valence-corrected chi connectivity index (χ4v) is 2.01. The van der Waals surface area contributed by atoms with E-state index >= 15 is 0 Å². The summed E-state index contributed by atoms with van der Waals surface area (Å²) in [6, 6.07) is 8.47. The summed E-state index contributed by atoms with van der Waals surface area (Å²) in [5.41, 5.74) is 1.96. The molecule has 0 unspecified atom stereocenters. The molecule has 5 heteroatoms. The molecule has 0 aliphatic carbocycles. The Balaban J connectivity index is 2.12. The summed E-state index contributed by atoms with van der Waals surface area (Å²) >= 11 is 0. The first-order chi connectivity index (χ1) is 10.1. The van der Waals surface area contributed by atoms with Crippen molar-refractivity contribution in [3.05, 3.63) is 47.4 Å². The first-order valence-corrected chi connectivity index (χ1v) is 7.13. The maximum absolute atomic E-state index is 12.9. The number of halogens is 1. The maximum atomic E-state index is 12.9. The van der Waals surface area contributed by atoms with Gasteiger partial charge in [0, 0.05) is 31.9 Å². The molecule has 0 spiro atoms. The summed E-state index contributed by atoms with van der Waals surface area (Å²) < 4.78 is 12.9. The molecule has 0 saturated heterocycles.